The van der Waals surface area contributed by atoms with Crippen LogP contribution in [0.3, 0.4) is 0 Å². The van der Waals surface area contributed by atoms with E-state index in [1.54, 1.807) is 28.6 Å². The molecule has 0 amide bonds. The Labute approximate surface area is 162 Å². The number of ether oxygens (including phenoxy) is 1. The molecule has 0 radical (unpaired) electrons. The van der Waals surface area contributed by atoms with Gasteiger partial charge in [-0.05, 0) is 50.3 Å². The van der Waals surface area contributed by atoms with Crippen molar-refractivity contribution in [3.05, 3.63) is 33.2 Å². The lowest BCUT2D eigenvalue weighted by molar-refractivity contribution is -0.926. The first-order valence-corrected chi connectivity index (χ1v) is 11.2. The van der Waals surface area contributed by atoms with E-state index < -0.39 is 10.0 Å². The fraction of sp³-hybridized carbons (Fsp3) is 0.500. The molecule has 1 fully saturated rings. The number of nitrogens with zero attached hydrogens (tertiary/aromatic N) is 3. The lowest BCUT2D eigenvalue weighted by Gasteiger charge is -2.31. The van der Waals surface area contributed by atoms with E-state index in [4.69, 9.17) is 17.0 Å². The van der Waals surface area contributed by atoms with Gasteiger partial charge in [-0.15, -0.1) is 0 Å². The summed E-state index contributed by atoms with van der Waals surface area (Å²) in [5.74, 6) is 0.677. The van der Waals surface area contributed by atoms with Crippen molar-refractivity contribution in [3.8, 4) is 5.75 Å². The standard InChI is InChI=1S/C16H22N4O3S3/c1-3-23-14-4-6-15(7-5-14)26(21,22)19-10-8-18(9-11-19)12-20-16(24)25-13(2)17-20/h4-7H,3,8-12H2,1-2H3/p+1. The summed E-state index contributed by atoms with van der Waals surface area (Å²) in [4.78, 5) is 1.59. The van der Waals surface area contributed by atoms with Gasteiger partial charge in [-0.25, -0.2) is 8.42 Å². The van der Waals surface area contributed by atoms with E-state index in [9.17, 15) is 8.42 Å². The van der Waals surface area contributed by atoms with E-state index in [2.05, 4.69) is 5.10 Å². The van der Waals surface area contributed by atoms with Gasteiger partial charge in [0.05, 0.1) is 37.7 Å². The molecule has 0 atom stereocenters. The molecule has 2 aromatic rings. The number of piperazine rings is 1. The Morgan fingerprint density at radius 3 is 2.46 bits per heavy atom. The first-order valence-electron chi connectivity index (χ1n) is 8.51. The SMILES string of the molecule is CCOc1ccc(S(=O)(=O)N2CC[NH+](Cn3nc(C)sc3=S)CC2)cc1. The molecule has 0 saturated carbocycles. The Bertz CT molecular complexity index is 898. The zero-order chi connectivity index (χ0) is 18.7. The van der Waals surface area contributed by atoms with Gasteiger partial charge in [-0.1, -0.05) is 11.3 Å². The van der Waals surface area contributed by atoms with Crippen LogP contribution in [0.4, 0.5) is 0 Å². The van der Waals surface area contributed by atoms with Gasteiger partial charge in [0.25, 0.3) is 0 Å². The molecule has 0 spiro atoms. The summed E-state index contributed by atoms with van der Waals surface area (Å²) in [5.41, 5.74) is 0. The van der Waals surface area contributed by atoms with Crippen molar-refractivity contribution in [3.63, 3.8) is 0 Å². The van der Waals surface area contributed by atoms with Crippen molar-refractivity contribution in [1.82, 2.24) is 14.1 Å². The van der Waals surface area contributed by atoms with Crippen LogP contribution in [0.1, 0.15) is 11.9 Å². The topological polar surface area (TPSA) is 68.9 Å². The van der Waals surface area contributed by atoms with E-state index in [-0.39, 0.29) is 0 Å². The van der Waals surface area contributed by atoms with Crippen molar-refractivity contribution < 1.29 is 18.1 Å². The number of benzene rings is 1. The van der Waals surface area contributed by atoms with Crippen LogP contribution in [0.25, 0.3) is 0 Å². The number of hydrogen-bond acceptors (Lipinski definition) is 6. The van der Waals surface area contributed by atoms with E-state index in [1.165, 1.54) is 16.2 Å². The molecule has 26 heavy (non-hydrogen) atoms. The Balaban J connectivity index is 1.63. The summed E-state index contributed by atoms with van der Waals surface area (Å²) >= 11 is 6.81. The van der Waals surface area contributed by atoms with Gasteiger partial charge in [0, 0.05) is 0 Å². The van der Waals surface area contributed by atoms with Gasteiger partial charge >= 0.3 is 0 Å². The van der Waals surface area contributed by atoms with Gasteiger partial charge in [0.2, 0.25) is 10.0 Å². The Hall–Kier alpha value is -1.33. The maximum absolute atomic E-state index is 12.8. The van der Waals surface area contributed by atoms with Crippen LogP contribution >= 0.6 is 23.6 Å². The average Bonchev–Trinajstić information content (AvgIpc) is 2.93. The van der Waals surface area contributed by atoms with Crippen LogP contribution in [0.15, 0.2) is 29.2 Å². The number of aromatic nitrogens is 2. The third-order valence-corrected chi connectivity index (χ3v) is 7.42. The molecule has 1 aromatic carbocycles. The molecule has 0 unspecified atom stereocenters. The minimum absolute atomic E-state index is 0.307. The number of quaternary nitrogens is 1. The average molecular weight is 416 g/mol. The summed E-state index contributed by atoms with van der Waals surface area (Å²) < 4.78 is 35.2. The number of sulfonamides is 1. The number of nitrogens with one attached hydrogen (secondary N) is 1. The van der Waals surface area contributed by atoms with Gasteiger partial charge in [-0.2, -0.15) is 14.1 Å². The van der Waals surface area contributed by atoms with Crippen LogP contribution < -0.4 is 9.64 Å². The van der Waals surface area contributed by atoms with Crippen molar-refractivity contribution in [2.24, 2.45) is 0 Å². The second-order valence-electron chi connectivity index (χ2n) is 6.10. The number of hydrogen-bond donors (Lipinski definition) is 1. The first-order chi connectivity index (χ1) is 12.4. The zero-order valence-corrected chi connectivity index (χ0v) is 17.3. The van der Waals surface area contributed by atoms with Crippen molar-refractivity contribution >= 4 is 33.6 Å². The molecule has 3 rings (SSSR count). The highest BCUT2D eigenvalue weighted by Crippen LogP contribution is 2.19. The minimum Gasteiger partial charge on any atom is -0.494 e. The number of aryl methyl sites for hydroxylation is 1. The van der Waals surface area contributed by atoms with Crippen LogP contribution in [-0.2, 0) is 16.7 Å². The predicted molar refractivity (Wildman–Crippen MR) is 103 cm³/mol. The van der Waals surface area contributed by atoms with Gasteiger partial charge < -0.3 is 9.64 Å². The van der Waals surface area contributed by atoms with Crippen LogP contribution in [0.2, 0.25) is 0 Å². The molecule has 1 N–H and O–H groups in total. The third kappa shape index (κ3) is 4.32. The van der Waals surface area contributed by atoms with Gasteiger partial charge in [0.1, 0.15) is 10.8 Å². The highest BCUT2D eigenvalue weighted by Gasteiger charge is 2.30. The monoisotopic (exact) mass is 415 g/mol. The Morgan fingerprint density at radius 1 is 1.27 bits per heavy atom. The zero-order valence-electron chi connectivity index (χ0n) is 14.8. The molecule has 10 heteroatoms. The molecular weight excluding hydrogens is 392 g/mol. The second-order valence-corrected chi connectivity index (χ2v) is 9.87. The molecule has 1 aliphatic heterocycles. The van der Waals surface area contributed by atoms with Crippen molar-refractivity contribution in [1.29, 1.82) is 0 Å². The lowest BCUT2D eigenvalue weighted by Crippen LogP contribution is -3.14. The normalized spacial score (nSPS) is 16.7. The maximum Gasteiger partial charge on any atom is 0.243 e. The summed E-state index contributed by atoms with van der Waals surface area (Å²) in [6.45, 7) is 7.51. The summed E-state index contributed by atoms with van der Waals surface area (Å²) in [6, 6.07) is 6.61. The molecule has 0 bridgehead atoms. The van der Waals surface area contributed by atoms with Crippen LogP contribution in [-0.4, -0.2) is 55.3 Å². The lowest BCUT2D eigenvalue weighted by atomic mass is 10.3. The molecule has 142 valence electrons. The predicted octanol–water partition coefficient (Wildman–Crippen LogP) is 0.928. The molecule has 2 heterocycles. The van der Waals surface area contributed by atoms with Crippen molar-refractivity contribution in [2.45, 2.75) is 25.4 Å². The van der Waals surface area contributed by atoms with E-state index >= 15 is 0 Å². The fourth-order valence-corrected chi connectivity index (χ4v) is 5.46. The van der Waals surface area contributed by atoms with Gasteiger partial charge in [0.15, 0.2) is 10.6 Å². The molecule has 1 saturated heterocycles. The maximum atomic E-state index is 12.8. The minimum atomic E-state index is -3.47. The quantitative estimate of drug-likeness (QED) is 0.711. The fourth-order valence-electron chi connectivity index (χ4n) is 2.95. The van der Waals surface area contributed by atoms with E-state index in [0.717, 1.165) is 22.1 Å². The van der Waals surface area contributed by atoms with E-state index in [1.807, 2.05) is 18.5 Å². The smallest absolute Gasteiger partial charge is 0.243 e. The highest BCUT2D eigenvalue weighted by atomic mass is 32.2. The molecular formula is C16H23N4O3S3+. The Kier molecular flexibility index (Phi) is 6.08. The second kappa shape index (κ2) is 8.13. The summed E-state index contributed by atoms with van der Waals surface area (Å²) in [5, 5.41) is 5.36. The molecule has 1 aromatic heterocycles. The van der Waals surface area contributed by atoms with E-state index in [0.29, 0.717) is 37.0 Å². The van der Waals surface area contributed by atoms with Crippen molar-refractivity contribution in [2.75, 3.05) is 32.8 Å². The largest absolute Gasteiger partial charge is 0.494 e. The summed E-state index contributed by atoms with van der Waals surface area (Å²) in [7, 11) is -3.47. The summed E-state index contributed by atoms with van der Waals surface area (Å²) in [6.07, 6.45) is 0. The first kappa shape index (κ1) is 19.4. The van der Waals surface area contributed by atoms with Crippen LogP contribution in [0.5, 0.6) is 5.75 Å². The Morgan fingerprint density at radius 2 is 1.92 bits per heavy atom. The highest BCUT2D eigenvalue weighted by molar-refractivity contribution is 7.89. The molecule has 1 aliphatic rings. The molecule has 0 aliphatic carbocycles. The molecule has 7 nitrogen and oxygen atoms in total. The third-order valence-electron chi connectivity index (χ3n) is 4.28. The van der Waals surface area contributed by atoms with Gasteiger partial charge in [-0.3, -0.25) is 0 Å². The van der Waals surface area contributed by atoms with Crippen LogP contribution in [0, 0.1) is 10.9 Å². The number of rotatable bonds is 6.